The Morgan fingerprint density at radius 2 is 1.85 bits per heavy atom. The minimum atomic E-state index is 0.121. The quantitative estimate of drug-likeness (QED) is 0.530. The van der Waals surface area contributed by atoms with Crippen LogP contribution < -0.4 is 10.6 Å². The Morgan fingerprint density at radius 3 is 2.58 bits per heavy atom. The van der Waals surface area contributed by atoms with E-state index >= 15 is 0 Å². The van der Waals surface area contributed by atoms with Crippen molar-refractivity contribution in [3.8, 4) is 11.3 Å². The molecule has 1 saturated heterocycles. The van der Waals surface area contributed by atoms with Gasteiger partial charge in [-0.2, -0.15) is 0 Å². The maximum atomic E-state index is 12.6. The average molecular weight is 446 g/mol. The van der Waals surface area contributed by atoms with E-state index in [0.717, 1.165) is 48.5 Å². The molecule has 0 bridgehead atoms. The van der Waals surface area contributed by atoms with Crippen molar-refractivity contribution in [1.29, 1.82) is 0 Å². The third-order valence-electron chi connectivity index (χ3n) is 6.61. The lowest BCUT2D eigenvalue weighted by Gasteiger charge is -2.31. The van der Waals surface area contributed by atoms with Crippen molar-refractivity contribution in [2.75, 3.05) is 13.1 Å². The number of rotatable bonds is 7. The fraction of sp³-hybridized carbons (Fsp3) is 0.429. The van der Waals surface area contributed by atoms with Gasteiger partial charge < -0.3 is 15.2 Å². The van der Waals surface area contributed by atoms with Crippen molar-refractivity contribution in [3.05, 3.63) is 77.5 Å². The molecule has 1 aromatic heterocycles. The van der Waals surface area contributed by atoms with E-state index in [0.29, 0.717) is 24.8 Å². The third-order valence-corrected chi connectivity index (χ3v) is 6.61. The lowest BCUT2D eigenvalue weighted by Crippen LogP contribution is -2.40. The van der Waals surface area contributed by atoms with Crippen LogP contribution in [0.5, 0.6) is 0 Å². The number of carbonyl (C=O) groups excluding carboxylic acids is 1. The molecule has 0 unspecified atom stereocenters. The molecule has 0 radical (unpaired) electrons. The maximum Gasteiger partial charge on any atom is 0.220 e. The van der Waals surface area contributed by atoms with Crippen LogP contribution in [0, 0.1) is 11.8 Å². The number of piperidine rings is 1. The summed E-state index contributed by atoms with van der Waals surface area (Å²) in [5.74, 6) is 1.62. The second-order valence-electron chi connectivity index (χ2n) is 10.2. The molecule has 0 saturated carbocycles. The number of nitrogens with zero attached hydrogens (tertiary/aromatic N) is 1. The Morgan fingerprint density at radius 1 is 1.09 bits per heavy atom. The van der Waals surface area contributed by atoms with Crippen molar-refractivity contribution < 1.29 is 9.32 Å². The summed E-state index contributed by atoms with van der Waals surface area (Å²) < 4.78 is 5.67. The van der Waals surface area contributed by atoms with Gasteiger partial charge in [0.15, 0.2) is 5.76 Å². The molecule has 2 heterocycles. The Balaban J connectivity index is 1.35. The molecular formula is C28H35N3O2. The molecule has 1 fully saturated rings. The number of benzene rings is 2. The molecule has 2 atom stereocenters. The molecule has 0 spiro atoms. The monoisotopic (exact) mass is 445 g/mol. The highest BCUT2D eigenvalue weighted by Crippen LogP contribution is 2.29. The van der Waals surface area contributed by atoms with Gasteiger partial charge >= 0.3 is 0 Å². The number of nitrogens with one attached hydrogen (secondary N) is 2. The van der Waals surface area contributed by atoms with Crippen LogP contribution in [0.3, 0.4) is 0 Å². The van der Waals surface area contributed by atoms with Gasteiger partial charge in [-0.3, -0.25) is 4.79 Å². The van der Waals surface area contributed by atoms with Crippen LogP contribution in [0.4, 0.5) is 0 Å². The Kier molecular flexibility index (Phi) is 7.29. The number of carbonyl (C=O) groups is 1. The summed E-state index contributed by atoms with van der Waals surface area (Å²) in [5.41, 5.74) is 4.54. The molecule has 5 heteroatoms. The molecule has 2 N–H and O–H groups in total. The van der Waals surface area contributed by atoms with Gasteiger partial charge in [0.1, 0.15) is 0 Å². The molecular weight excluding hydrogens is 410 g/mol. The largest absolute Gasteiger partial charge is 0.356 e. The summed E-state index contributed by atoms with van der Waals surface area (Å²) in [6.07, 6.45) is 2.37. The minimum absolute atomic E-state index is 0.121. The lowest BCUT2D eigenvalue weighted by molar-refractivity contribution is -0.122. The summed E-state index contributed by atoms with van der Waals surface area (Å²) in [4.78, 5) is 12.6. The number of hydrogen-bond acceptors (Lipinski definition) is 4. The molecule has 1 aliphatic rings. The number of amides is 1. The second-order valence-corrected chi connectivity index (χ2v) is 10.2. The minimum Gasteiger partial charge on any atom is -0.356 e. The SMILES string of the molecule is CC(C)(C)c1ccc(-c2cc(C[C@@H]3CNCC[C@H]3CC(=O)NCc3ccccc3)no2)cc1. The van der Waals surface area contributed by atoms with Crippen LogP contribution in [0.15, 0.2) is 65.2 Å². The van der Waals surface area contributed by atoms with E-state index in [-0.39, 0.29) is 11.3 Å². The predicted molar refractivity (Wildman–Crippen MR) is 132 cm³/mol. The Labute approximate surface area is 197 Å². The molecule has 3 aromatic rings. The van der Waals surface area contributed by atoms with Gasteiger partial charge in [0.2, 0.25) is 5.91 Å². The van der Waals surface area contributed by atoms with Crippen LogP contribution in [-0.2, 0) is 23.2 Å². The van der Waals surface area contributed by atoms with E-state index in [9.17, 15) is 4.79 Å². The average Bonchev–Trinajstić information content (AvgIpc) is 3.28. The van der Waals surface area contributed by atoms with Gasteiger partial charge in [-0.1, -0.05) is 80.5 Å². The predicted octanol–water partition coefficient (Wildman–Crippen LogP) is 5.11. The standard InChI is InChI=1S/C28H35N3O2/c1-28(2,3)24-11-9-21(10-12-24)26-17-25(31-33-26)15-23-19-29-14-13-22(23)16-27(32)30-18-20-7-5-4-6-8-20/h4-12,17,22-23,29H,13-16,18-19H2,1-3H3,(H,30,32)/t22-,23+/m0/s1. The molecule has 5 nitrogen and oxygen atoms in total. The van der Waals surface area contributed by atoms with Crippen molar-refractivity contribution in [3.63, 3.8) is 0 Å². The molecule has 4 rings (SSSR count). The summed E-state index contributed by atoms with van der Waals surface area (Å²) in [6.45, 7) is 9.08. The van der Waals surface area contributed by atoms with Crippen LogP contribution in [-0.4, -0.2) is 24.2 Å². The summed E-state index contributed by atoms with van der Waals surface area (Å²) >= 11 is 0. The van der Waals surface area contributed by atoms with Gasteiger partial charge in [0, 0.05) is 24.6 Å². The van der Waals surface area contributed by atoms with Crippen molar-refractivity contribution in [1.82, 2.24) is 15.8 Å². The Hall–Kier alpha value is -2.92. The van der Waals surface area contributed by atoms with Gasteiger partial charge in [0.05, 0.1) is 5.69 Å². The molecule has 0 aliphatic carbocycles. The first-order chi connectivity index (χ1) is 15.9. The first-order valence-electron chi connectivity index (χ1n) is 12.0. The number of aromatic nitrogens is 1. The van der Waals surface area contributed by atoms with Crippen LogP contribution >= 0.6 is 0 Å². The second kappa shape index (κ2) is 10.3. The van der Waals surface area contributed by atoms with E-state index in [1.807, 2.05) is 36.4 Å². The lowest BCUT2D eigenvalue weighted by atomic mass is 9.81. The fourth-order valence-electron chi connectivity index (χ4n) is 4.54. The van der Waals surface area contributed by atoms with E-state index in [4.69, 9.17) is 4.52 Å². The normalized spacial score (nSPS) is 18.8. The van der Waals surface area contributed by atoms with Crippen molar-refractivity contribution >= 4 is 5.91 Å². The van der Waals surface area contributed by atoms with E-state index in [1.54, 1.807) is 0 Å². The van der Waals surface area contributed by atoms with Crippen LogP contribution in [0.25, 0.3) is 11.3 Å². The van der Waals surface area contributed by atoms with Crippen molar-refractivity contribution in [2.24, 2.45) is 11.8 Å². The van der Waals surface area contributed by atoms with Gasteiger partial charge in [0.25, 0.3) is 0 Å². The van der Waals surface area contributed by atoms with Crippen LogP contribution in [0.1, 0.15) is 50.4 Å². The third kappa shape index (κ3) is 6.32. The van der Waals surface area contributed by atoms with Crippen molar-refractivity contribution in [2.45, 2.75) is 52.0 Å². The zero-order valence-electron chi connectivity index (χ0n) is 19.9. The molecule has 1 aliphatic heterocycles. The zero-order chi connectivity index (χ0) is 23.3. The highest BCUT2D eigenvalue weighted by atomic mass is 16.5. The van der Waals surface area contributed by atoms with Gasteiger partial charge in [-0.25, -0.2) is 0 Å². The Bertz CT molecular complexity index is 1040. The highest BCUT2D eigenvalue weighted by molar-refractivity contribution is 5.76. The first-order valence-corrected chi connectivity index (χ1v) is 12.0. The number of hydrogen-bond donors (Lipinski definition) is 2. The van der Waals surface area contributed by atoms with Gasteiger partial charge in [-0.15, -0.1) is 0 Å². The molecule has 2 aromatic carbocycles. The zero-order valence-corrected chi connectivity index (χ0v) is 19.9. The van der Waals surface area contributed by atoms with E-state index in [2.05, 4.69) is 60.8 Å². The first kappa shape index (κ1) is 23.2. The fourth-order valence-corrected chi connectivity index (χ4v) is 4.54. The van der Waals surface area contributed by atoms with E-state index in [1.165, 1.54) is 5.56 Å². The topological polar surface area (TPSA) is 67.2 Å². The van der Waals surface area contributed by atoms with Crippen LogP contribution in [0.2, 0.25) is 0 Å². The smallest absolute Gasteiger partial charge is 0.220 e. The molecule has 33 heavy (non-hydrogen) atoms. The van der Waals surface area contributed by atoms with E-state index < -0.39 is 0 Å². The summed E-state index contributed by atoms with van der Waals surface area (Å²) in [7, 11) is 0. The summed E-state index contributed by atoms with van der Waals surface area (Å²) in [6, 6.07) is 20.6. The molecule has 174 valence electrons. The maximum absolute atomic E-state index is 12.6. The highest BCUT2D eigenvalue weighted by Gasteiger charge is 2.28. The summed E-state index contributed by atoms with van der Waals surface area (Å²) in [5, 5.41) is 10.9. The van der Waals surface area contributed by atoms with Gasteiger partial charge in [-0.05, 0) is 54.3 Å². The molecule has 1 amide bonds.